The van der Waals surface area contributed by atoms with Crippen LogP contribution in [0.15, 0.2) is 26.1 Å². The van der Waals surface area contributed by atoms with E-state index in [1.54, 1.807) is 0 Å². The summed E-state index contributed by atoms with van der Waals surface area (Å²) in [4.78, 5) is 0. The fraction of sp³-hybridized carbons (Fsp3) is 0.111. The van der Waals surface area contributed by atoms with E-state index in [1.165, 1.54) is 11.1 Å². The Morgan fingerprint density at radius 2 is 2.00 bits per heavy atom. The van der Waals surface area contributed by atoms with Crippen LogP contribution in [0.25, 0.3) is 6.08 Å². The van der Waals surface area contributed by atoms with Gasteiger partial charge in [0.2, 0.25) is 0 Å². The normalized spacial score (nSPS) is 9.67. The molecule has 0 aliphatic rings. The molecule has 0 saturated carbocycles. The monoisotopic (exact) mass is 352 g/mol. The van der Waals surface area contributed by atoms with Gasteiger partial charge < -0.3 is 0 Å². The smallest absolute Gasteiger partial charge is 0.0582 e. The maximum atomic E-state index is 3.47. The van der Waals surface area contributed by atoms with Crippen LogP contribution in [0.4, 0.5) is 0 Å². The summed E-state index contributed by atoms with van der Waals surface area (Å²) in [6.45, 7) is 2.08. The molecule has 0 N–H and O–H groups in total. The van der Waals surface area contributed by atoms with E-state index >= 15 is 0 Å². The van der Waals surface area contributed by atoms with Crippen LogP contribution in [-0.4, -0.2) is 0 Å². The average Bonchev–Trinajstić information content (AvgIpc) is 1.96. The molecule has 1 rings (SSSR count). The first-order chi connectivity index (χ1) is 5.59. The highest BCUT2D eigenvalue weighted by atomic mass is 79.9. The molecular weight excluding hydrogens is 348 g/mol. The van der Waals surface area contributed by atoms with Gasteiger partial charge in [0.25, 0.3) is 0 Å². The summed E-state index contributed by atoms with van der Waals surface area (Å²) in [5.41, 5.74) is 2.42. The van der Waals surface area contributed by atoms with Gasteiger partial charge in [0.1, 0.15) is 0 Å². The largest absolute Gasteiger partial charge is 0.0610 e. The summed E-state index contributed by atoms with van der Waals surface area (Å²) >= 11 is 10.1. The SMILES string of the molecule is Cc1ccc(Br)c(C=C(Br)Br)c1. The number of aryl methyl sites for hydroxylation is 1. The van der Waals surface area contributed by atoms with E-state index in [0.717, 1.165) is 7.86 Å². The van der Waals surface area contributed by atoms with Crippen molar-refractivity contribution in [2.24, 2.45) is 0 Å². The van der Waals surface area contributed by atoms with Crippen molar-refractivity contribution >= 4 is 53.9 Å². The molecule has 0 unspecified atom stereocenters. The molecule has 1 aromatic rings. The van der Waals surface area contributed by atoms with Crippen LogP contribution in [0, 0.1) is 6.92 Å². The topological polar surface area (TPSA) is 0 Å². The molecule has 0 saturated heterocycles. The molecule has 3 heteroatoms. The molecule has 64 valence electrons. The van der Waals surface area contributed by atoms with E-state index in [-0.39, 0.29) is 0 Å². The lowest BCUT2D eigenvalue weighted by Gasteiger charge is -1.99. The van der Waals surface area contributed by atoms with E-state index < -0.39 is 0 Å². The van der Waals surface area contributed by atoms with Gasteiger partial charge in [-0.25, -0.2) is 0 Å². The van der Waals surface area contributed by atoms with Crippen LogP contribution >= 0.6 is 47.8 Å². The highest BCUT2D eigenvalue weighted by Gasteiger charge is 1.96. The minimum atomic E-state index is 0.946. The molecular formula is C9H7Br3. The standard InChI is InChI=1S/C9H7Br3/c1-6-2-3-8(10)7(4-6)5-9(11)12/h2-5H,1H3. The van der Waals surface area contributed by atoms with E-state index in [1.807, 2.05) is 12.1 Å². The van der Waals surface area contributed by atoms with Crippen LogP contribution in [0.3, 0.4) is 0 Å². The molecule has 0 aromatic heterocycles. The van der Waals surface area contributed by atoms with E-state index in [4.69, 9.17) is 0 Å². The molecule has 0 fully saturated rings. The second kappa shape index (κ2) is 4.58. The molecule has 12 heavy (non-hydrogen) atoms. The van der Waals surface area contributed by atoms with Gasteiger partial charge in [0, 0.05) is 4.47 Å². The fourth-order valence-electron chi connectivity index (χ4n) is 0.891. The quantitative estimate of drug-likeness (QED) is 0.676. The lowest BCUT2D eigenvalue weighted by molar-refractivity contribution is 1.44. The Morgan fingerprint density at radius 1 is 1.33 bits per heavy atom. The Hall–Kier alpha value is 0.400. The third kappa shape index (κ3) is 3.04. The third-order valence-corrected chi connectivity index (χ3v) is 2.60. The minimum absolute atomic E-state index is 0.946. The number of rotatable bonds is 1. The van der Waals surface area contributed by atoms with Gasteiger partial charge >= 0.3 is 0 Å². The molecule has 0 nitrogen and oxygen atoms in total. The number of halogens is 3. The summed E-state index contributed by atoms with van der Waals surface area (Å²) in [6.07, 6.45) is 2.01. The van der Waals surface area contributed by atoms with Crippen molar-refractivity contribution in [3.8, 4) is 0 Å². The highest BCUT2D eigenvalue weighted by molar-refractivity contribution is 9.28. The molecule has 1 aromatic carbocycles. The average molecular weight is 355 g/mol. The molecule has 0 aliphatic heterocycles. The van der Waals surface area contributed by atoms with Crippen LogP contribution in [0.1, 0.15) is 11.1 Å². The summed E-state index contributed by atoms with van der Waals surface area (Å²) in [6, 6.07) is 6.24. The van der Waals surface area contributed by atoms with Crippen molar-refractivity contribution in [2.75, 3.05) is 0 Å². The first-order valence-electron chi connectivity index (χ1n) is 3.38. The molecule has 0 aliphatic carbocycles. The number of benzene rings is 1. The second-order valence-electron chi connectivity index (χ2n) is 2.46. The Balaban J connectivity index is 3.14. The van der Waals surface area contributed by atoms with E-state index in [2.05, 4.69) is 66.8 Å². The zero-order valence-electron chi connectivity index (χ0n) is 6.44. The predicted octanol–water partition coefficient (Wildman–Crippen LogP) is 4.85. The van der Waals surface area contributed by atoms with Crippen LogP contribution in [0.2, 0.25) is 0 Å². The molecule has 0 radical (unpaired) electrons. The zero-order valence-corrected chi connectivity index (χ0v) is 11.2. The molecule has 0 bridgehead atoms. The third-order valence-electron chi connectivity index (χ3n) is 1.42. The van der Waals surface area contributed by atoms with Gasteiger partial charge in [0.05, 0.1) is 3.39 Å². The number of hydrogen-bond donors (Lipinski definition) is 0. The Labute approximate surface area is 97.4 Å². The highest BCUT2D eigenvalue weighted by Crippen LogP contribution is 2.24. The summed E-state index contributed by atoms with van der Waals surface area (Å²) < 4.78 is 2.05. The first-order valence-corrected chi connectivity index (χ1v) is 5.76. The van der Waals surface area contributed by atoms with Crippen molar-refractivity contribution < 1.29 is 0 Å². The van der Waals surface area contributed by atoms with Crippen LogP contribution in [-0.2, 0) is 0 Å². The van der Waals surface area contributed by atoms with Gasteiger partial charge in [-0.05, 0) is 56.5 Å². The van der Waals surface area contributed by atoms with Crippen molar-refractivity contribution in [1.82, 2.24) is 0 Å². The van der Waals surface area contributed by atoms with Crippen LogP contribution < -0.4 is 0 Å². The van der Waals surface area contributed by atoms with Gasteiger partial charge in [-0.1, -0.05) is 33.6 Å². The molecule has 0 amide bonds. The van der Waals surface area contributed by atoms with Crippen molar-refractivity contribution in [2.45, 2.75) is 6.92 Å². The van der Waals surface area contributed by atoms with Crippen molar-refractivity contribution in [3.05, 3.63) is 37.2 Å². The number of hydrogen-bond acceptors (Lipinski definition) is 0. The molecule has 0 heterocycles. The van der Waals surface area contributed by atoms with Gasteiger partial charge in [-0.15, -0.1) is 0 Å². The Bertz CT molecular complexity index is 312. The van der Waals surface area contributed by atoms with Crippen molar-refractivity contribution in [1.29, 1.82) is 0 Å². The maximum Gasteiger partial charge on any atom is 0.0610 e. The Kier molecular flexibility index (Phi) is 4.00. The van der Waals surface area contributed by atoms with Gasteiger partial charge in [-0.3, -0.25) is 0 Å². The Morgan fingerprint density at radius 3 is 2.58 bits per heavy atom. The summed E-state index contributed by atoms with van der Waals surface area (Å²) in [7, 11) is 0. The summed E-state index contributed by atoms with van der Waals surface area (Å²) in [5, 5.41) is 0. The lowest BCUT2D eigenvalue weighted by Crippen LogP contribution is -1.77. The lowest BCUT2D eigenvalue weighted by atomic mass is 10.1. The van der Waals surface area contributed by atoms with Gasteiger partial charge in [-0.2, -0.15) is 0 Å². The van der Waals surface area contributed by atoms with E-state index in [0.29, 0.717) is 0 Å². The maximum absolute atomic E-state index is 3.47. The summed E-state index contributed by atoms with van der Waals surface area (Å²) in [5.74, 6) is 0. The first kappa shape index (κ1) is 10.5. The minimum Gasteiger partial charge on any atom is -0.0582 e. The molecule has 0 atom stereocenters. The van der Waals surface area contributed by atoms with Gasteiger partial charge in [0.15, 0.2) is 0 Å². The second-order valence-corrected chi connectivity index (χ2v) is 6.09. The zero-order chi connectivity index (χ0) is 9.14. The fourth-order valence-corrected chi connectivity index (χ4v) is 1.75. The molecule has 0 spiro atoms. The van der Waals surface area contributed by atoms with Crippen molar-refractivity contribution in [3.63, 3.8) is 0 Å². The van der Waals surface area contributed by atoms with E-state index in [9.17, 15) is 0 Å². The predicted molar refractivity (Wildman–Crippen MR) is 64.7 cm³/mol. The van der Waals surface area contributed by atoms with Crippen LogP contribution in [0.5, 0.6) is 0 Å².